The third kappa shape index (κ3) is 6.01. The molecule has 0 fully saturated rings. The summed E-state index contributed by atoms with van der Waals surface area (Å²) in [6.07, 6.45) is 0.690. The van der Waals surface area contributed by atoms with Crippen LogP contribution in [0.4, 0.5) is 4.79 Å². The standard InChI is InChI=1S/C10H21BrN2O4S/c1-4-10(5-2,7-11)8-12-18(15,16)13-9(14)17-6-3/h12H,4-8H2,1-3H3,(H,13,14). The van der Waals surface area contributed by atoms with E-state index < -0.39 is 16.3 Å². The van der Waals surface area contributed by atoms with Crippen LogP contribution in [0.5, 0.6) is 0 Å². The fourth-order valence-corrected chi connectivity index (χ4v) is 3.13. The smallest absolute Gasteiger partial charge is 0.421 e. The van der Waals surface area contributed by atoms with Gasteiger partial charge in [-0.05, 0) is 25.2 Å². The molecule has 108 valence electrons. The molecule has 8 heteroatoms. The summed E-state index contributed by atoms with van der Waals surface area (Å²) in [5.41, 5.74) is -0.149. The monoisotopic (exact) mass is 344 g/mol. The van der Waals surface area contributed by atoms with Crippen LogP contribution in [0, 0.1) is 5.41 Å². The molecule has 0 aliphatic rings. The van der Waals surface area contributed by atoms with Gasteiger partial charge >= 0.3 is 16.3 Å². The molecule has 0 unspecified atom stereocenters. The van der Waals surface area contributed by atoms with Crippen LogP contribution in [0.15, 0.2) is 0 Å². The van der Waals surface area contributed by atoms with Gasteiger partial charge in [-0.15, -0.1) is 0 Å². The molecule has 1 amide bonds. The van der Waals surface area contributed by atoms with Crippen LogP contribution in [0.1, 0.15) is 33.6 Å². The number of carbonyl (C=O) groups excluding carboxylic acids is 1. The quantitative estimate of drug-likeness (QED) is 0.657. The molecule has 0 heterocycles. The Bertz CT molecular complexity index is 347. The molecule has 0 rings (SSSR count). The van der Waals surface area contributed by atoms with Crippen LogP contribution in [0.3, 0.4) is 0 Å². The predicted molar refractivity (Wildman–Crippen MR) is 73.9 cm³/mol. The number of hydrogen-bond donors (Lipinski definition) is 2. The summed E-state index contributed by atoms with van der Waals surface area (Å²) in [7, 11) is -3.86. The van der Waals surface area contributed by atoms with Gasteiger partial charge in [0.15, 0.2) is 0 Å². The Morgan fingerprint density at radius 3 is 2.22 bits per heavy atom. The molecule has 0 aliphatic carbocycles. The van der Waals surface area contributed by atoms with Crippen molar-refractivity contribution < 1.29 is 17.9 Å². The van der Waals surface area contributed by atoms with Gasteiger partial charge in [-0.25, -0.2) is 9.52 Å². The minimum atomic E-state index is -3.86. The highest BCUT2D eigenvalue weighted by Crippen LogP contribution is 2.27. The lowest BCUT2D eigenvalue weighted by molar-refractivity contribution is 0.158. The first-order valence-electron chi connectivity index (χ1n) is 5.84. The average Bonchev–Trinajstić information content (AvgIpc) is 2.31. The fourth-order valence-electron chi connectivity index (χ4n) is 1.29. The van der Waals surface area contributed by atoms with Gasteiger partial charge in [0, 0.05) is 11.9 Å². The molecular weight excluding hydrogens is 324 g/mol. The molecule has 0 bridgehead atoms. The van der Waals surface area contributed by atoms with Crippen LogP contribution in [-0.2, 0) is 14.9 Å². The molecule has 6 nitrogen and oxygen atoms in total. The van der Waals surface area contributed by atoms with E-state index in [-0.39, 0.29) is 18.6 Å². The van der Waals surface area contributed by atoms with Crippen molar-refractivity contribution in [3.63, 3.8) is 0 Å². The molecule has 0 spiro atoms. The predicted octanol–water partition coefficient (Wildman–Crippen LogP) is 1.77. The van der Waals surface area contributed by atoms with E-state index in [9.17, 15) is 13.2 Å². The second-order valence-electron chi connectivity index (χ2n) is 3.99. The second kappa shape index (κ2) is 7.96. The van der Waals surface area contributed by atoms with Gasteiger partial charge in [0.25, 0.3) is 0 Å². The lowest BCUT2D eigenvalue weighted by Gasteiger charge is -2.29. The summed E-state index contributed by atoms with van der Waals surface area (Å²) in [6, 6.07) is 0. The number of nitrogens with one attached hydrogen (secondary N) is 2. The first kappa shape index (κ1) is 17.7. The molecule has 18 heavy (non-hydrogen) atoms. The van der Waals surface area contributed by atoms with Crippen LogP contribution in [-0.4, -0.2) is 33.0 Å². The zero-order valence-corrected chi connectivity index (χ0v) is 13.4. The Hall–Kier alpha value is -0.340. The first-order valence-corrected chi connectivity index (χ1v) is 8.45. The zero-order valence-electron chi connectivity index (χ0n) is 11.0. The average molecular weight is 345 g/mol. The van der Waals surface area contributed by atoms with Crippen molar-refractivity contribution in [2.24, 2.45) is 5.41 Å². The highest BCUT2D eigenvalue weighted by Gasteiger charge is 2.27. The number of rotatable bonds is 8. The third-order valence-corrected chi connectivity index (χ3v) is 5.06. The number of ether oxygens (including phenoxy) is 1. The molecule has 0 saturated carbocycles. The van der Waals surface area contributed by atoms with Crippen molar-refractivity contribution in [1.29, 1.82) is 0 Å². The molecule has 2 N–H and O–H groups in total. The van der Waals surface area contributed by atoms with Gasteiger partial charge in [0.1, 0.15) is 0 Å². The SMILES string of the molecule is CCOC(=O)NS(=O)(=O)NCC(CC)(CC)CBr. The maximum absolute atomic E-state index is 11.6. The van der Waals surface area contributed by atoms with Crippen molar-refractivity contribution in [1.82, 2.24) is 9.44 Å². The molecule has 0 aromatic rings. The Morgan fingerprint density at radius 2 is 1.83 bits per heavy atom. The molecular formula is C10H21BrN2O4S. The lowest BCUT2D eigenvalue weighted by Crippen LogP contribution is -2.45. The van der Waals surface area contributed by atoms with Crippen molar-refractivity contribution in [3.05, 3.63) is 0 Å². The molecule has 0 atom stereocenters. The Balaban J connectivity index is 4.46. The highest BCUT2D eigenvalue weighted by atomic mass is 79.9. The van der Waals surface area contributed by atoms with Crippen LogP contribution in [0.25, 0.3) is 0 Å². The van der Waals surface area contributed by atoms with Crippen LogP contribution < -0.4 is 9.44 Å². The van der Waals surface area contributed by atoms with E-state index in [0.29, 0.717) is 5.33 Å². The number of halogens is 1. The number of hydrogen-bond acceptors (Lipinski definition) is 4. The highest BCUT2D eigenvalue weighted by molar-refractivity contribution is 9.09. The molecule has 0 aliphatic heterocycles. The Labute approximate surface area is 117 Å². The van der Waals surface area contributed by atoms with Crippen molar-refractivity contribution in [3.8, 4) is 0 Å². The van der Waals surface area contributed by atoms with Gasteiger partial charge in [-0.1, -0.05) is 29.8 Å². The molecule has 0 aromatic heterocycles. The van der Waals surface area contributed by atoms with Gasteiger partial charge in [-0.2, -0.15) is 13.1 Å². The maximum Gasteiger partial charge on any atom is 0.421 e. The van der Waals surface area contributed by atoms with E-state index in [2.05, 4.69) is 25.4 Å². The van der Waals surface area contributed by atoms with E-state index in [1.54, 1.807) is 11.6 Å². The minimum absolute atomic E-state index is 0.122. The number of alkyl halides is 1. The van der Waals surface area contributed by atoms with E-state index >= 15 is 0 Å². The summed E-state index contributed by atoms with van der Waals surface area (Å²) < 4.78 is 31.8. The summed E-state index contributed by atoms with van der Waals surface area (Å²) in [4.78, 5) is 11.0. The lowest BCUT2D eigenvalue weighted by atomic mass is 9.85. The largest absolute Gasteiger partial charge is 0.449 e. The van der Waals surface area contributed by atoms with Gasteiger partial charge in [-0.3, -0.25) is 0 Å². The number of carbonyl (C=O) groups is 1. The van der Waals surface area contributed by atoms with Crippen molar-refractivity contribution in [2.45, 2.75) is 33.6 Å². The summed E-state index contributed by atoms with van der Waals surface area (Å²) in [5, 5.41) is 0.689. The fraction of sp³-hybridized carbons (Fsp3) is 0.900. The van der Waals surface area contributed by atoms with Crippen LogP contribution >= 0.6 is 15.9 Å². The number of amides is 1. The summed E-state index contributed by atoms with van der Waals surface area (Å²) >= 11 is 3.39. The van der Waals surface area contributed by atoms with Crippen molar-refractivity contribution >= 4 is 32.2 Å². The third-order valence-electron chi connectivity index (χ3n) is 2.91. The van der Waals surface area contributed by atoms with Crippen LogP contribution in [0.2, 0.25) is 0 Å². The summed E-state index contributed by atoms with van der Waals surface area (Å²) in [6.45, 7) is 5.98. The maximum atomic E-state index is 11.6. The minimum Gasteiger partial charge on any atom is -0.449 e. The second-order valence-corrected chi connectivity index (χ2v) is 6.05. The Kier molecular flexibility index (Phi) is 7.81. The van der Waals surface area contributed by atoms with Gasteiger partial charge in [0.05, 0.1) is 6.61 Å². The van der Waals surface area contributed by atoms with E-state index in [4.69, 9.17) is 0 Å². The normalized spacial score (nSPS) is 12.2. The first-order chi connectivity index (χ1) is 8.34. The van der Waals surface area contributed by atoms with Gasteiger partial charge in [0.2, 0.25) is 0 Å². The summed E-state index contributed by atoms with van der Waals surface area (Å²) in [5.74, 6) is 0. The van der Waals surface area contributed by atoms with Crippen molar-refractivity contribution in [2.75, 3.05) is 18.5 Å². The van der Waals surface area contributed by atoms with E-state index in [0.717, 1.165) is 12.8 Å². The molecule has 0 saturated heterocycles. The Morgan fingerprint density at radius 1 is 1.28 bits per heavy atom. The zero-order chi connectivity index (χ0) is 14.2. The topological polar surface area (TPSA) is 84.5 Å². The van der Waals surface area contributed by atoms with Gasteiger partial charge < -0.3 is 4.74 Å². The van der Waals surface area contributed by atoms with E-state index in [1.165, 1.54) is 0 Å². The molecule has 0 aromatic carbocycles. The van der Waals surface area contributed by atoms with E-state index in [1.807, 2.05) is 13.8 Å². The molecule has 0 radical (unpaired) electrons.